The SMILES string of the molecule is C#CC1=CC=CC(Nc2ncnc3cc(OC)c(OC(=O)N4CCN(C)CC4C)cc23)C1. The number of piperazine rings is 1. The second kappa shape index (κ2) is 9.28. The molecule has 2 atom stereocenters. The van der Waals surface area contributed by atoms with Gasteiger partial charge in [-0.05, 0) is 20.0 Å². The van der Waals surface area contributed by atoms with Crippen LogP contribution in [0.5, 0.6) is 11.5 Å². The van der Waals surface area contributed by atoms with Gasteiger partial charge in [0, 0.05) is 49.1 Å². The lowest BCUT2D eigenvalue weighted by Crippen LogP contribution is -2.53. The number of ether oxygens (including phenoxy) is 2. The van der Waals surface area contributed by atoms with Gasteiger partial charge in [-0.3, -0.25) is 0 Å². The number of anilines is 1. The Morgan fingerprint density at radius 1 is 1.28 bits per heavy atom. The van der Waals surface area contributed by atoms with E-state index in [-0.39, 0.29) is 12.1 Å². The Kier molecular flexibility index (Phi) is 6.28. The van der Waals surface area contributed by atoms with Gasteiger partial charge in [-0.2, -0.15) is 0 Å². The van der Waals surface area contributed by atoms with E-state index in [0.717, 1.165) is 24.0 Å². The summed E-state index contributed by atoms with van der Waals surface area (Å²) in [6.07, 6.45) is 13.2. The maximum atomic E-state index is 12.9. The Balaban J connectivity index is 1.61. The largest absolute Gasteiger partial charge is 0.493 e. The summed E-state index contributed by atoms with van der Waals surface area (Å²) in [7, 11) is 3.59. The fourth-order valence-corrected chi connectivity index (χ4v) is 4.04. The monoisotopic (exact) mass is 433 g/mol. The first-order chi connectivity index (χ1) is 15.5. The number of carbonyl (C=O) groups excluding carboxylic acids is 1. The number of allylic oxidation sites excluding steroid dienone is 2. The van der Waals surface area contributed by atoms with Gasteiger partial charge in [0.25, 0.3) is 0 Å². The van der Waals surface area contributed by atoms with E-state index < -0.39 is 6.09 Å². The molecule has 1 aliphatic heterocycles. The number of hydrogen-bond donors (Lipinski definition) is 1. The maximum absolute atomic E-state index is 12.9. The Morgan fingerprint density at radius 2 is 2.12 bits per heavy atom. The molecule has 166 valence electrons. The van der Waals surface area contributed by atoms with Gasteiger partial charge in [-0.1, -0.05) is 24.1 Å². The Bertz CT molecular complexity index is 1120. The van der Waals surface area contributed by atoms with E-state index in [2.05, 4.69) is 26.1 Å². The average Bonchev–Trinajstić information content (AvgIpc) is 2.79. The van der Waals surface area contributed by atoms with Gasteiger partial charge in [0.1, 0.15) is 12.1 Å². The van der Waals surface area contributed by atoms with Crippen LogP contribution in [0.4, 0.5) is 10.6 Å². The average molecular weight is 434 g/mol. The van der Waals surface area contributed by atoms with Crippen molar-refractivity contribution in [1.82, 2.24) is 19.8 Å². The van der Waals surface area contributed by atoms with E-state index >= 15 is 0 Å². The topological polar surface area (TPSA) is 79.8 Å². The molecule has 1 aliphatic carbocycles. The van der Waals surface area contributed by atoms with Gasteiger partial charge >= 0.3 is 6.09 Å². The summed E-state index contributed by atoms with van der Waals surface area (Å²) in [5.41, 5.74) is 1.60. The van der Waals surface area contributed by atoms with Crippen molar-refractivity contribution < 1.29 is 14.3 Å². The number of amides is 1. The summed E-state index contributed by atoms with van der Waals surface area (Å²) in [6.45, 7) is 4.23. The first-order valence-corrected chi connectivity index (χ1v) is 10.6. The number of nitrogens with one attached hydrogen (secondary N) is 1. The molecule has 2 heterocycles. The number of likely N-dealkylation sites (N-methyl/N-ethyl adjacent to an activating group) is 1. The number of methoxy groups -OCH3 is 1. The third kappa shape index (κ3) is 4.53. The van der Waals surface area contributed by atoms with Gasteiger partial charge in [0.2, 0.25) is 0 Å². The predicted molar refractivity (Wildman–Crippen MR) is 124 cm³/mol. The molecule has 1 amide bonds. The zero-order valence-electron chi connectivity index (χ0n) is 18.5. The number of nitrogens with zero attached hydrogens (tertiary/aromatic N) is 4. The second-order valence-electron chi connectivity index (χ2n) is 8.09. The molecule has 2 aromatic rings. The van der Waals surface area contributed by atoms with Crippen molar-refractivity contribution in [1.29, 1.82) is 0 Å². The van der Waals surface area contributed by atoms with Crippen LogP contribution in [0.1, 0.15) is 13.3 Å². The summed E-state index contributed by atoms with van der Waals surface area (Å²) in [4.78, 5) is 25.6. The number of terminal acetylenes is 1. The van der Waals surface area contributed by atoms with E-state index in [9.17, 15) is 4.79 Å². The van der Waals surface area contributed by atoms with Crippen molar-refractivity contribution in [3.8, 4) is 23.8 Å². The highest BCUT2D eigenvalue weighted by Gasteiger charge is 2.28. The molecule has 0 spiro atoms. The summed E-state index contributed by atoms with van der Waals surface area (Å²) in [5.74, 6) is 4.10. The molecule has 1 N–H and O–H groups in total. The minimum Gasteiger partial charge on any atom is -0.493 e. The number of hydrogen-bond acceptors (Lipinski definition) is 7. The molecular formula is C24H27N5O3. The lowest BCUT2D eigenvalue weighted by atomic mass is 10.0. The molecule has 1 aromatic carbocycles. The molecule has 1 saturated heterocycles. The molecule has 0 bridgehead atoms. The highest BCUT2D eigenvalue weighted by atomic mass is 16.6. The van der Waals surface area contributed by atoms with Gasteiger partial charge in [-0.15, -0.1) is 6.42 Å². The van der Waals surface area contributed by atoms with Crippen LogP contribution in [-0.2, 0) is 0 Å². The lowest BCUT2D eigenvalue weighted by molar-refractivity contribution is 0.0886. The van der Waals surface area contributed by atoms with Crippen LogP contribution in [0.3, 0.4) is 0 Å². The Morgan fingerprint density at radius 3 is 2.88 bits per heavy atom. The summed E-state index contributed by atoms with van der Waals surface area (Å²) >= 11 is 0. The summed E-state index contributed by atoms with van der Waals surface area (Å²) in [5, 5.41) is 4.14. The van der Waals surface area contributed by atoms with Crippen molar-refractivity contribution in [3.63, 3.8) is 0 Å². The number of carbonyl (C=O) groups is 1. The van der Waals surface area contributed by atoms with Gasteiger partial charge < -0.3 is 24.6 Å². The molecule has 2 aliphatic rings. The molecular weight excluding hydrogens is 406 g/mol. The molecule has 4 rings (SSSR count). The number of fused-ring (bicyclic) bond motifs is 1. The van der Waals surface area contributed by atoms with Gasteiger partial charge in [0.15, 0.2) is 11.5 Å². The van der Waals surface area contributed by atoms with Gasteiger partial charge in [-0.25, -0.2) is 14.8 Å². The highest BCUT2D eigenvalue weighted by Crippen LogP contribution is 2.35. The van der Waals surface area contributed by atoms with Crippen LogP contribution in [0.15, 0.2) is 42.3 Å². The molecule has 1 aromatic heterocycles. The van der Waals surface area contributed by atoms with Crippen molar-refractivity contribution in [2.45, 2.75) is 25.4 Å². The molecule has 8 heteroatoms. The van der Waals surface area contributed by atoms with Crippen LogP contribution in [0.2, 0.25) is 0 Å². The minimum absolute atomic E-state index is 0.00319. The molecule has 2 unspecified atom stereocenters. The maximum Gasteiger partial charge on any atom is 0.415 e. The normalized spacial score (nSPS) is 21.1. The number of benzene rings is 1. The zero-order valence-corrected chi connectivity index (χ0v) is 18.5. The number of rotatable bonds is 4. The second-order valence-corrected chi connectivity index (χ2v) is 8.09. The van der Waals surface area contributed by atoms with Crippen LogP contribution in [0.25, 0.3) is 10.9 Å². The molecule has 1 fully saturated rings. The summed E-state index contributed by atoms with van der Waals surface area (Å²) in [6, 6.07) is 3.56. The Labute approximate surface area is 187 Å². The Hall–Kier alpha value is -3.57. The van der Waals surface area contributed by atoms with E-state index in [1.165, 1.54) is 13.4 Å². The first-order valence-electron chi connectivity index (χ1n) is 10.6. The van der Waals surface area contributed by atoms with Crippen LogP contribution in [0, 0.1) is 12.3 Å². The third-order valence-corrected chi connectivity index (χ3v) is 5.77. The fraction of sp³-hybridized carbons (Fsp3) is 0.375. The van der Waals surface area contributed by atoms with E-state index in [4.69, 9.17) is 15.9 Å². The summed E-state index contributed by atoms with van der Waals surface area (Å²) < 4.78 is 11.3. The van der Waals surface area contributed by atoms with Crippen LogP contribution < -0.4 is 14.8 Å². The van der Waals surface area contributed by atoms with Crippen LogP contribution >= 0.6 is 0 Å². The minimum atomic E-state index is -0.395. The third-order valence-electron chi connectivity index (χ3n) is 5.77. The van der Waals surface area contributed by atoms with Crippen molar-refractivity contribution in [2.75, 3.05) is 39.1 Å². The quantitative estimate of drug-likeness (QED) is 0.743. The van der Waals surface area contributed by atoms with Crippen molar-refractivity contribution in [2.24, 2.45) is 0 Å². The van der Waals surface area contributed by atoms with Gasteiger partial charge in [0.05, 0.1) is 18.7 Å². The molecule has 0 saturated carbocycles. The standard InChI is InChI=1S/C24H27N5O3/c1-5-17-7-6-8-18(11-17)27-23-19-12-22(21(31-4)13-20(19)25-15-26-23)32-24(30)29-10-9-28(3)14-16(29)2/h1,6-8,12-13,15-16,18H,9-11,14H2,2-4H3,(H,25,26,27). The highest BCUT2D eigenvalue weighted by molar-refractivity contribution is 5.92. The van der Waals surface area contributed by atoms with Crippen molar-refractivity contribution in [3.05, 3.63) is 42.3 Å². The predicted octanol–water partition coefficient (Wildman–Crippen LogP) is 3.07. The van der Waals surface area contributed by atoms with E-state index in [1.807, 2.05) is 32.2 Å². The molecule has 32 heavy (non-hydrogen) atoms. The lowest BCUT2D eigenvalue weighted by Gasteiger charge is -2.37. The van der Waals surface area contributed by atoms with Crippen molar-refractivity contribution >= 4 is 22.8 Å². The van der Waals surface area contributed by atoms with E-state index in [0.29, 0.717) is 35.8 Å². The smallest absolute Gasteiger partial charge is 0.415 e. The molecule has 8 nitrogen and oxygen atoms in total. The van der Waals surface area contributed by atoms with E-state index in [1.54, 1.807) is 17.0 Å². The van der Waals surface area contributed by atoms with Crippen LogP contribution in [-0.4, -0.2) is 71.7 Å². The first kappa shape index (κ1) is 21.7. The zero-order chi connectivity index (χ0) is 22.7. The number of aromatic nitrogens is 2. The fourth-order valence-electron chi connectivity index (χ4n) is 4.04. The molecule has 0 radical (unpaired) electrons.